The molecule has 4 saturated carbocycles. The third-order valence-electron chi connectivity index (χ3n) is 15.1. The zero-order valence-corrected chi connectivity index (χ0v) is 35.2. The van der Waals surface area contributed by atoms with Crippen molar-refractivity contribution in [2.75, 3.05) is 25.5 Å². The van der Waals surface area contributed by atoms with E-state index in [1.54, 1.807) is 7.11 Å². The van der Waals surface area contributed by atoms with E-state index in [1.165, 1.54) is 29.8 Å². The molecule has 0 aliphatic heterocycles. The van der Waals surface area contributed by atoms with Crippen LogP contribution in [0.3, 0.4) is 0 Å². The summed E-state index contributed by atoms with van der Waals surface area (Å²) in [6.07, 6.45) is 9.83. The van der Waals surface area contributed by atoms with Crippen LogP contribution in [0.15, 0.2) is 84.4 Å². The number of aliphatic hydroxyl groups is 2. The molecule has 3 aromatic carbocycles. The maximum atomic E-state index is 14.7. The summed E-state index contributed by atoms with van der Waals surface area (Å²) in [5.41, 5.74) is 2.87. The van der Waals surface area contributed by atoms with E-state index in [4.69, 9.17) is 4.74 Å². The van der Waals surface area contributed by atoms with Crippen molar-refractivity contribution >= 4 is 38.9 Å². The number of anilines is 1. The lowest BCUT2D eigenvalue weighted by Crippen LogP contribution is -2.58. The van der Waals surface area contributed by atoms with Gasteiger partial charge in [-0.25, -0.2) is 4.79 Å². The molecule has 7 nitrogen and oxygen atoms in total. The lowest BCUT2D eigenvalue weighted by molar-refractivity contribution is -0.117. The van der Waals surface area contributed by atoms with Crippen molar-refractivity contribution in [3.05, 3.63) is 106 Å². The van der Waals surface area contributed by atoms with Gasteiger partial charge in [-0.1, -0.05) is 62.8 Å². The summed E-state index contributed by atoms with van der Waals surface area (Å²) in [7, 11) is 1.63. The Morgan fingerprint density at radius 1 is 0.965 bits per heavy atom. The molecule has 7 atom stereocenters. The fourth-order valence-corrected chi connectivity index (χ4v) is 12.3. The number of carbonyl (C=O) groups is 2. The normalized spacial score (nSPS) is 29.5. The maximum absolute atomic E-state index is 14.7. The molecule has 6 aliphatic rings. The van der Waals surface area contributed by atoms with Crippen molar-refractivity contribution in [1.82, 2.24) is 4.90 Å². The largest absolute Gasteiger partial charge is 0.497 e. The number of hydrogen-bond donors (Lipinski definition) is 3. The fourth-order valence-electron chi connectivity index (χ4n) is 11.3. The first-order valence-electron chi connectivity index (χ1n) is 21.2. The fraction of sp³-hybridized carbons (Fsp3) is 0.510. The molecule has 4 fully saturated rings. The number of benzene rings is 3. The Hall–Kier alpha value is -3.98. The lowest BCUT2D eigenvalue weighted by Gasteiger charge is -2.60. The molecule has 10 rings (SSSR count). The van der Waals surface area contributed by atoms with Gasteiger partial charge in [0.2, 0.25) is 5.78 Å². The van der Waals surface area contributed by atoms with Crippen LogP contribution in [0.4, 0.5) is 10.5 Å². The van der Waals surface area contributed by atoms with Gasteiger partial charge < -0.3 is 25.2 Å². The highest BCUT2D eigenvalue weighted by molar-refractivity contribution is 7.21. The summed E-state index contributed by atoms with van der Waals surface area (Å²) in [6, 6.07) is 23.5. The summed E-state index contributed by atoms with van der Waals surface area (Å²) in [6.45, 7) is 9.94. The number of nitrogens with zero attached hydrogens (tertiary/aromatic N) is 1. The van der Waals surface area contributed by atoms with Crippen molar-refractivity contribution in [3.8, 4) is 5.75 Å². The number of fused-ring (bicyclic) bond motifs is 11. The third-order valence-corrected chi connectivity index (χ3v) is 16.2. The van der Waals surface area contributed by atoms with Gasteiger partial charge in [0.05, 0.1) is 30.2 Å². The monoisotopic (exact) mass is 788 g/mol. The summed E-state index contributed by atoms with van der Waals surface area (Å²) in [4.78, 5) is 31.9. The molecule has 302 valence electrons. The number of ether oxygens (including phenoxy) is 1. The lowest BCUT2D eigenvalue weighted by atomic mass is 9.45. The van der Waals surface area contributed by atoms with Gasteiger partial charge in [-0.05, 0) is 159 Å². The standard InChI is InChI=1S/C49H60N2O5S/c1-31-9-8-23-48(4)41(39-21-13-32(25-37(52)18-12-31)26-40(39)45(53)44-27-33-10-6-7-11-43(33)57-44)22-24-49(48,55)30-51(29-34-14-15-35-28-42(34)47(35,2)3)46(54)50-36-16-19-38(56-5)20-17-36/h6-7,9-11,13,16-17,19-21,26-27,34-35,37,41-42,52,55H,8,12,14-15,18,22-25,28-30H2,1-5H3,(H,50,54)/t34-,35-,37-,41-,42-,48-,49+/m0/s1. The number of carbonyl (C=O) groups excluding carboxylic acids is 2. The first kappa shape index (κ1) is 39.8. The van der Waals surface area contributed by atoms with Gasteiger partial charge in [0.25, 0.3) is 0 Å². The van der Waals surface area contributed by atoms with Crippen LogP contribution in [0.25, 0.3) is 10.1 Å². The van der Waals surface area contributed by atoms with Gasteiger partial charge in [-0.2, -0.15) is 0 Å². The van der Waals surface area contributed by atoms with E-state index in [2.05, 4.69) is 57.3 Å². The number of hydrogen-bond acceptors (Lipinski definition) is 6. The molecule has 1 aromatic heterocycles. The van der Waals surface area contributed by atoms with Gasteiger partial charge in [0.1, 0.15) is 5.75 Å². The first-order valence-corrected chi connectivity index (χ1v) is 22.0. The summed E-state index contributed by atoms with van der Waals surface area (Å²) < 4.78 is 6.45. The quantitative estimate of drug-likeness (QED) is 0.122. The molecule has 0 spiro atoms. The molecule has 4 aromatic rings. The van der Waals surface area contributed by atoms with Gasteiger partial charge in [0, 0.05) is 27.9 Å². The van der Waals surface area contributed by atoms with E-state index in [0.717, 1.165) is 52.1 Å². The van der Waals surface area contributed by atoms with Gasteiger partial charge in [-0.3, -0.25) is 4.79 Å². The average Bonchev–Trinajstić information content (AvgIpc) is 3.75. The van der Waals surface area contributed by atoms with Crippen LogP contribution < -0.4 is 10.1 Å². The molecule has 0 unspecified atom stereocenters. The second-order valence-electron chi connectivity index (χ2n) is 18.7. The summed E-state index contributed by atoms with van der Waals surface area (Å²) in [5, 5.41) is 28.7. The zero-order chi connectivity index (χ0) is 40.1. The predicted molar refractivity (Wildman–Crippen MR) is 230 cm³/mol. The molecular formula is C49H60N2O5S. The second kappa shape index (κ2) is 15.6. The highest BCUT2D eigenvalue weighted by Gasteiger charge is 2.59. The minimum absolute atomic E-state index is 0.0117. The number of allylic oxidation sites excluding steroid dienone is 2. The number of methoxy groups -OCH3 is 1. The molecule has 57 heavy (non-hydrogen) atoms. The molecule has 6 aliphatic carbocycles. The van der Waals surface area contributed by atoms with Gasteiger partial charge >= 0.3 is 6.03 Å². The smallest absolute Gasteiger partial charge is 0.321 e. The van der Waals surface area contributed by atoms with E-state index in [0.29, 0.717) is 66.6 Å². The van der Waals surface area contributed by atoms with Crippen molar-refractivity contribution in [1.29, 1.82) is 0 Å². The number of rotatable bonds is 8. The van der Waals surface area contributed by atoms with E-state index in [1.807, 2.05) is 59.5 Å². The number of thiophene rings is 1. The minimum atomic E-state index is -1.22. The average molecular weight is 789 g/mol. The first-order chi connectivity index (χ1) is 27.3. The van der Waals surface area contributed by atoms with E-state index >= 15 is 0 Å². The van der Waals surface area contributed by atoms with Crippen LogP contribution in [0.2, 0.25) is 0 Å². The molecule has 0 saturated heterocycles. The Morgan fingerprint density at radius 2 is 1.75 bits per heavy atom. The van der Waals surface area contributed by atoms with Crippen LogP contribution >= 0.6 is 11.3 Å². The van der Waals surface area contributed by atoms with Crippen molar-refractivity contribution < 1.29 is 24.5 Å². The Morgan fingerprint density at radius 3 is 2.49 bits per heavy atom. The molecule has 4 bridgehead atoms. The zero-order valence-electron chi connectivity index (χ0n) is 34.4. The number of ketones is 1. The maximum Gasteiger partial charge on any atom is 0.321 e. The number of nitrogens with one attached hydrogen (secondary N) is 1. The minimum Gasteiger partial charge on any atom is -0.497 e. The highest BCUT2D eigenvalue weighted by Crippen LogP contribution is 2.62. The van der Waals surface area contributed by atoms with Gasteiger partial charge in [-0.15, -0.1) is 11.3 Å². The molecule has 3 N–H and O–H groups in total. The van der Waals surface area contributed by atoms with E-state index < -0.39 is 17.1 Å². The number of aliphatic hydroxyl groups excluding tert-OH is 1. The molecule has 2 amide bonds. The molecular weight excluding hydrogens is 729 g/mol. The summed E-state index contributed by atoms with van der Waals surface area (Å²) in [5.74, 6) is 2.25. The predicted octanol–water partition coefficient (Wildman–Crippen LogP) is 10.8. The van der Waals surface area contributed by atoms with Crippen LogP contribution in [-0.2, 0) is 6.42 Å². The molecule has 1 heterocycles. The van der Waals surface area contributed by atoms with Crippen LogP contribution in [-0.4, -0.2) is 58.8 Å². The molecule has 0 radical (unpaired) electrons. The van der Waals surface area contributed by atoms with Crippen molar-refractivity contribution in [2.45, 2.75) is 110 Å². The topological polar surface area (TPSA) is 99.1 Å². The van der Waals surface area contributed by atoms with E-state index in [9.17, 15) is 19.8 Å². The number of urea groups is 1. The SMILES string of the molecule is COc1ccc(NC(=O)N(C[C@@H]2CC[C@H]3C[C@@H]2C3(C)C)C[C@]2(O)CC[C@H]3c4ccc(cc4C(=O)c4cc5ccccc5s4)C[C@@H](O)CCC(C)=CCC[C@@]32C)cc1. The second-order valence-corrected chi connectivity index (χ2v) is 19.7. The highest BCUT2D eigenvalue weighted by atomic mass is 32.1. The number of amides is 2. The Kier molecular flexibility index (Phi) is 10.9. The van der Waals surface area contributed by atoms with Gasteiger partial charge in [0.15, 0.2) is 0 Å². The van der Waals surface area contributed by atoms with Crippen LogP contribution in [0.5, 0.6) is 5.75 Å². The van der Waals surface area contributed by atoms with Crippen LogP contribution in [0.1, 0.15) is 118 Å². The van der Waals surface area contributed by atoms with Crippen LogP contribution in [0, 0.1) is 28.6 Å². The third kappa shape index (κ3) is 7.58. The van der Waals surface area contributed by atoms with E-state index in [-0.39, 0.29) is 29.7 Å². The summed E-state index contributed by atoms with van der Waals surface area (Å²) >= 11 is 1.52. The van der Waals surface area contributed by atoms with Crippen molar-refractivity contribution in [3.63, 3.8) is 0 Å². The Bertz CT molecular complexity index is 2120. The van der Waals surface area contributed by atoms with Crippen molar-refractivity contribution in [2.24, 2.45) is 28.6 Å². The molecule has 8 heteroatoms. The Labute approximate surface area is 342 Å². The Balaban J connectivity index is 1.17.